The van der Waals surface area contributed by atoms with Crippen molar-refractivity contribution in [1.82, 2.24) is 10.8 Å². The summed E-state index contributed by atoms with van der Waals surface area (Å²) in [5, 5.41) is 3.13. The summed E-state index contributed by atoms with van der Waals surface area (Å²) in [6.07, 6.45) is -2.95. The van der Waals surface area contributed by atoms with Crippen LogP contribution in [0.4, 0.5) is 13.2 Å². The number of carbonyl (C=O) groups is 1. The molecule has 2 aliphatic rings. The van der Waals surface area contributed by atoms with E-state index in [0.29, 0.717) is 17.0 Å². The van der Waals surface area contributed by atoms with E-state index < -0.39 is 11.8 Å². The standard InChI is InChI=1S/C26H19Cl2F3N2O2/c27-20-11-10-18(12-21(20)28)25(26(29,30)31)14-23(33-35-25)16-6-8-17(9-7-16)24(34)32-22-13-19(22)15-4-2-1-3-5-15/h1-12,14,19,22,33H,13H2,(H,32,34). The molecular formula is C26H19Cl2F3N2O2. The molecule has 9 heteroatoms. The van der Waals surface area contributed by atoms with Gasteiger partial charge in [-0.05, 0) is 47.9 Å². The van der Waals surface area contributed by atoms with Crippen molar-refractivity contribution in [3.05, 3.63) is 111 Å². The van der Waals surface area contributed by atoms with E-state index in [2.05, 4.69) is 10.8 Å². The molecule has 2 N–H and O–H groups in total. The summed E-state index contributed by atoms with van der Waals surface area (Å²) in [7, 11) is 0. The first kappa shape index (κ1) is 23.7. The van der Waals surface area contributed by atoms with Crippen LogP contribution < -0.4 is 10.8 Å². The minimum Gasteiger partial charge on any atom is -0.349 e. The molecule has 0 spiro atoms. The molecule has 1 amide bonds. The van der Waals surface area contributed by atoms with Crippen molar-refractivity contribution < 1.29 is 22.8 Å². The predicted octanol–water partition coefficient (Wildman–Crippen LogP) is 6.61. The van der Waals surface area contributed by atoms with Crippen molar-refractivity contribution in [2.45, 2.75) is 30.2 Å². The number of benzene rings is 3. The van der Waals surface area contributed by atoms with Gasteiger partial charge in [-0.1, -0.05) is 71.7 Å². The number of hydroxylamine groups is 1. The minimum absolute atomic E-state index is 0.0150. The van der Waals surface area contributed by atoms with E-state index in [9.17, 15) is 18.0 Å². The summed E-state index contributed by atoms with van der Waals surface area (Å²) >= 11 is 11.8. The second-order valence-corrected chi connectivity index (χ2v) is 9.35. The van der Waals surface area contributed by atoms with Crippen LogP contribution in [0.15, 0.2) is 78.9 Å². The summed E-state index contributed by atoms with van der Waals surface area (Å²) < 4.78 is 42.4. The quantitative estimate of drug-likeness (QED) is 0.399. The van der Waals surface area contributed by atoms with Crippen LogP contribution >= 0.6 is 23.2 Å². The first-order valence-corrected chi connectivity index (χ1v) is 11.6. The molecule has 1 heterocycles. The highest BCUT2D eigenvalue weighted by Crippen LogP contribution is 2.48. The first-order chi connectivity index (χ1) is 16.7. The van der Waals surface area contributed by atoms with Crippen molar-refractivity contribution in [2.75, 3.05) is 0 Å². The van der Waals surface area contributed by atoms with E-state index in [0.717, 1.165) is 18.6 Å². The zero-order valence-electron chi connectivity index (χ0n) is 18.1. The Morgan fingerprint density at radius 3 is 2.37 bits per heavy atom. The normalized spacial score (nSPS) is 23.4. The van der Waals surface area contributed by atoms with Gasteiger partial charge in [0.05, 0.1) is 15.7 Å². The Morgan fingerprint density at radius 1 is 1.00 bits per heavy atom. The lowest BCUT2D eigenvalue weighted by Crippen LogP contribution is -2.42. The average Bonchev–Trinajstić information content (AvgIpc) is 3.45. The number of alkyl halides is 3. The fourth-order valence-electron chi connectivity index (χ4n) is 4.19. The van der Waals surface area contributed by atoms with Gasteiger partial charge in [0, 0.05) is 23.1 Å². The monoisotopic (exact) mass is 518 g/mol. The second-order valence-electron chi connectivity index (χ2n) is 8.53. The predicted molar refractivity (Wildman–Crippen MR) is 128 cm³/mol. The van der Waals surface area contributed by atoms with Gasteiger partial charge in [-0.3, -0.25) is 15.1 Å². The van der Waals surface area contributed by atoms with E-state index >= 15 is 0 Å². The maximum Gasteiger partial charge on any atom is 0.428 e. The fourth-order valence-corrected chi connectivity index (χ4v) is 4.49. The molecule has 4 nitrogen and oxygen atoms in total. The molecule has 1 saturated carbocycles. The van der Waals surface area contributed by atoms with E-state index in [4.69, 9.17) is 28.0 Å². The molecule has 5 rings (SSSR count). The lowest BCUT2D eigenvalue weighted by atomic mass is 9.91. The summed E-state index contributed by atoms with van der Waals surface area (Å²) in [6, 6.07) is 19.9. The van der Waals surface area contributed by atoms with Crippen molar-refractivity contribution >= 4 is 34.8 Å². The number of rotatable bonds is 5. The van der Waals surface area contributed by atoms with Crippen molar-refractivity contribution in [3.63, 3.8) is 0 Å². The third-order valence-electron chi connectivity index (χ3n) is 6.23. The number of nitrogens with one attached hydrogen (secondary N) is 2. The molecule has 3 unspecified atom stereocenters. The summed E-state index contributed by atoms with van der Waals surface area (Å²) in [5.74, 6) is 0.0614. The number of hydrogen-bond donors (Lipinski definition) is 2. The van der Waals surface area contributed by atoms with Crippen molar-refractivity contribution in [2.24, 2.45) is 0 Å². The third-order valence-corrected chi connectivity index (χ3v) is 6.97. The first-order valence-electron chi connectivity index (χ1n) is 10.8. The van der Waals surface area contributed by atoms with Crippen LogP contribution in [0, 0.1) is 0 Å². The maximum atomic E-state index is 14.1. The Bertz CT molecular complexity index is 1300. The molecule has 0 saturated heterocycles. The van der Waals surface area contributed by atoms with E-state index in [1.165, 1.54) is 17.7 Å². The largest absolute Gasteiger partial charge is 0.428 e. The van der Waals surface area contributed by atoms with Crippen LogP contribution in [0.1, 0.15) is 39.4 Å². The highest BCUT2D eigenvalue weighted by atomic mass is 35.5. The van der Waals surface area contributed by atoms with E-state index in [1.807, 2.05) is 30.3 Å². The van der Waals surface area contributed by atoms with Gasteiger partial charge in [0.2, 0.25) is 5.60 Å². The Labute approximate surface area is 209 Å². The molecular weight excluding hydrogens is 500 g/mol. The number of hydrogen-bond acceptors (Lipinski definition) is 3. The Balaban J connectivity index is 1.33. The molecule has 180 valence electrons. The molecule has 3 aromatic carbocycles. The highest BCUT2D eigenvalue weighted by Gasteiger charge is 2.59. The molecule has 3 aromatic rings. The zero-order valence-corrected chi connectivity index (χ0v) is 19.6. The van der Waals surface area contributed by atoms with Crippen LogP contribution in [0.3, 0.4) is 0 Å². The van der Waals surface area contributed by atoms with E-state index in [-0.39, 0.29) is 33.3 Å². The number of halogens is 5. The number of carbonyl (C=O) groups excluding carboxylic acids is 1. The highest BCUT2D eigenvalue weighted by molar-refractivity contribution is 6.42. The van der Waals surface area contributed by atoms with Crippen LogP contribution in [-0.4, -0.2) is 18.1 Å². The Morgan fingerprint density at radius 2 is 1.71 bits per heavy atom. The molecule has 1 aliphatic carbocycles. The van der Waals surface area contributed by atoms with Crippen LogP contribution in [-0.2, 0) is 10.4 Å². The molecule has 3 atom stereocenters. The molecule has 1 aliphatic heterocycles. The van der Waals surface area contributed by atoms with Gasteiger partial charge in [-0.25, -0.2) is 0 Å². The smallest absolute Gasteiger partial charge is 0.349 e. The van der Waals surface area contributed by atoms with Gasteiger partial charge in [0.25, 0.3) is 5.91 Å². The van der Waals surface area contributed by atoms with Gasteiger partial charge in [-0.2, -0.15) is 13.2 Å². The average molecular weight is 519 g/mol. The third kappa shape index (κ3) is 4.51. The van der Waals surface area contributed by atoms with Gasteiger partial charge in [0.1, 0.15) is 0 Å². The fraction of sp³-hybridized carbons (Fsp3) is 0.192. The van der Waals surface area contributed by atoms with Gasteiger partial charge < -0.3 is 5.32 Å². The van der Waals surface area contributed by atoms with Crippen LogP contribution in [0.2, 0.25) is 10.0 Å². The lowest BCUT2D eigenvalue weighted by molar-refractivity contribution is -0.269. The van der Waals surface area contributed by atoms with Gasteiger partial charge in [0.15, 0.2) is 0 Å². The van der Waals surface area contributed by atoms with Crippen molar-refractivity contribution in [1.29, 1.82) is 0 Å². The summed E-state index contributed by atoms with van der Waals surface area (Å²) in [4.78, 5) is 17.7. The number of amides is 1. The lowest BCUT2D eigenvalue weighted by Gasteiger charge is -2.28. The zero-order chi connectivity index (χ0) is 24.8. The van der Waals surface area contributed by atoms with Crippen molar-refractivity contribution in [3.8, 4) is 0 Å². The molecule has 0 radical (unpaired) electrons. The SMILES string of the molecule is O=C(NC1CC1c1ccccc1)c1ccc(C2=CC(c3ccc(Cl)c(Cl)c3)(C(F)(F)F)ON2)cc1. The molecule has 1 fully saturated rings. The second kappa shape index (κ2) is 8.90. The van der Waals surface area contributed by atoms with E-state index in [1.54, 1.807) is 24.3 Å². The minimum atomic E-state index is -4.78. The molecule has 0 bridgehead atoms. The van der Waals surface area contributed by atoms with Crippen LogP contribution in [0.25, 0.3) is 5.70 Å². The maximum absolute atomic E-state index is 14.1. The molecule has 35 heavy (non-hydrogen) atoms. The summed E-state index contributed by atoms with van der Waals surface area (Å²) in [6.45, 7) is 0. The Hall–Kier alpha value is -3.00. The van der Waals surface area contributed by atoms with Gasteiger partial charge >= 0.3 is 6.18 Å². The molecule has 0 aromatic heterocycles. The summed E-state index contributed by atoms with van der Waals surface area (Å²) in [5.41, 5.74) is 1.57. The Kier molecular flexibility index (Phi) is 6.03. The van der Waals surface area contributed by atoms with Gasteiger partial charge in [-0.15, -0.1) is 0 Å². The van der Waals surface area contributed by atoms with Crippen LogP contribution in [0.5, 0.6) is 0 Å². The topological polar surface area (TPSA) is 50.4 Å².